The van der Waals surface area contributed by atoms with Gasteiger partial charge >= 0.3 is 0 Å². The standard InChI is InChI=1S/C18H27N3O2/c1-2-15-9-5-6-10-16(15)20-17(22)13-19-18(23)14-21-11-7-3-4-8-12-21/h5-6,9-10H,2-4,7-8,11-14H2,1H3,(H,19,23)(H,20,22). The van der Waals surface area contributed by atoms with E-state index in [9.17, 15) is 9.59 Å². The van der Waals surface area contributed by atoms with E-state index in [2.05, 4.69) is 15.5 Å². The SMILES string of the molecule is CCc1ccccc1NC(=O)CNC(=O)CN1CCCCCC1. The molecule has 0 unspecified atom stereocenters. The highest BCUT2D eigenvalue weighted by atomic mass is 16.2. The van der Waals surface area contributed by atoms with Crippen molar-refractivity contribution >= 4 is 17.5 Å². The van der Waals surface area contributed by atoms with Gasteiger partial charge in [0.15, 0.2) is 0 Å². The van der Waals surface area contributed by atoms with Gasteiger partial charge in [0.2, 0.25) is 11.8 Å². The second-order valence-corrected chi connectivity index (χ2v) is 6.03. The molecule has 5 nitrogen and oxygen atoms in total. The van der Waals surface area contributed by atoms with E-state index in [1.54, 1.807) is 0 Å². The van der Waals surface area contributed by atoms with Gasteiger partial charge in [-0.1, -0.05) is 38.0 Å². The molecular weight excluding hydrogens is 290 g/mol. The fraction of sp³-hybridized carbons (Fsp3) is 0.556. The quantitative estimate of drug-likeness (QED) is 0.845. The van der Waals surface area contributed by atoms with Gasteiger partial charge in [0.25, 0.3) is 0 Å². The smallest absolute Gasteiger partial charge is 0.243 e. The van der Waals surface area contributed by atoms with E-state index in [0.29, 0.717) is 6.54 Å². The first-order valence-corrected chi connectivity index (χ1v) is 8.56. The lowest BCUT2D eigenvalue weighted by Crippen LogP contribution is -2.40. The van der Waals surface area contributed by atoms with Gasteiger partial charge in [0.1, 0.15) is 0 Å². The van der Waals surface area contributed by atoms with Gasteiger partial charge in [-0.3, -0.25) is 14.5 Å². The Hall–Kier alpha value is -1.88. The molecule has 2 amide bonds. The highest BCUT2D eigenvalue weighted by Gasteiger charge is 2.13. The van der Waals surface area contributed by atoms with Crippen molar-refractivity contribution in [2.45, 2.75) is 39.0 Å². The molecule has 0 bridgehead atoms. The number of benzene rings is 1. The molecule has 2 N–H and O–H groups in total. The van der Waals surface area contributed by atoms with Crippen LogP contribution in [-0.2, 0) is 16.0 Å². The van der Waals surface area contributed by atoms with E-state index in [-0.39, 0.29) is 18.4 Å². The Morgan fingerprint density at radius 3 is 2.43 bits per heavy atom. The van der Waals surface area contributed by atoms with Crippen molar-refractivity contribution in [3.8, 4) is 0 Å². The number of aryl methyl sites for hydroxylation is 1. The van der Waals surface area contributed by atoms with Crippen molar-refractivity contribution in [1.82, 2.24) is 10.2 Å². The summed E-state index contributed by atoms with van der Waals surface area (Å²) in [6.45, 7) is 4.41. The number of carbonyl (C=O) groups is 2. The van der Waals surface area contributed by atoms with Crippen LogP contribution in [0.15, 0.2) is 24.3 Å². The first-order chi connectivity index (χ1) is 11.2. The van der Waals surface area contributed by atoms with Crippen LogP contribution in [0, 0.1) is 0 Å². The average molecular weight is 317 g/mol. The molecule has 1 fully saturated rings. The van der Waals surface area contributed by atoms with Crippen LogP contribution in [0.5, 0.6) is 0 Å². The number of hydrogen-bond acceptors (Lipinski definition) is 3. The molecule has 126 valence electrons. The number of amides is 2. The molecule has 0 atom stereocenters. The minimum absolute atomic E-state index is 0.0186. The molecule has 23 heavy (non-hydrogen) atoms. The van der Waals surface area contributed by atoms with Crippen LogP contribution >= 0.6 is 0 Å². The Bertz CT molecular complexity index is 523. The fourth-order valence-electron chi connectivity index (χ4n) is 2.88. The summed E-state index contributed by atoms with van der Waals surface area (Å²) in [6.07, 6.45) is 5.66. The van der Waals surface area contributed by atoms with Gasteiger partial charge < -0.3 is 10.6 Å². The zero-order valence-electron chi connectivity index (χ0n) is 13.9. The maximum Gasteiger partial charge on any atom is 0.243 e. The van der Waals surface area contributed by atoms with Crippen molar-refractivity contribution in [2.24, 2.45) is 0 Å². The molecule has 0 spiro atoms. The Morgan fingerprint density at radius 1 is 1.04 bits per heavy atom. The van der Waals surface area contributed by atoms with Gasteiger partial charge in [-0.25, -0.2) is 0 Å². The fourth-order valence-corrected chi connectivity index (χ4v) is 2.88. The molecular formula is C18H27N3O2. The molecule has 2 rings (SSSR count). The summed E-state index contributed by atoms with van der Waals surface area (Å²) >= 11 is 0. The molecule has 1 aliphatic heterocycles. The molecule has 0 aliphatic carbocycles. The number of carbonyl (C=O) groups excluding carboxylic acids is 2. The maximum atomic E-state index is 12.0. The van der Waals surface area contributed by atoms with Gasteiger partial charge in [0, 0.05) is 5.69 Å². The lowest BCUT2D eigenvalue weighted by molar-refractivity contribution is -0.125. The minimum Gasteiger partial charge on any atom is -0.346 e. The number of nitrogens with one attached hydrogen (secondary N) is 2. The zero-order valence-corrected chi connectivity index (χ0v) is 13.9. The summed E-state index contributed by atoms with van der Waals surface area (Å²) in [5.41, 5.74) is 1.92. The van der Waals surface area contributed by atoms with Crippen LogP contribution in [0.1, 0.15) is 38.2 Å². The van der Waals surface area contributed by atoms with E-state index >= 15 is 0 Å². The predicted molar refractivity (Wildman–Crippen MR) is 92.4 cm³/mol. The highest BCUT2D eigenvalue weighted by Crippen LogP contribution is 2.15. The first kappa shape index (κ1) is 17.5. The third-order valence-electron chi connectivity index (χ3n) is 4.18. The van der Waals surface area contributed by atoms with Crippen molar-refractivity contribution < 1.29 is 9.59 Å². The number of anilines is 1. The second kappa shape index (κ2) is 9.30. The molecule has 1 aliphatic rings. The van der Waals surface area contributed by atoms with Gasteiger partial charge in [-0.05, 0) is 44.0 Å². The monoisotopic (exact) mass is 317 g/mol. The lowest BCUT2D eigenvalue weighted by atomic mass is 10.1. The van der Waals surface area contributed by atoms with Crippen LogP contribution in [0.3, 0.4) is 0 Å². The van der Waals surface area contributed by atoms with Crippen molar-refractivity contribution in [3.63, 3.8) is 0 Å². The van der Waals surface area contributed by atoms with Crippen LogP contribution in [0.4, 0.5) is 5.69 Å². The van der Waals surface area contributed by atoms with Crippen LogP contribution in [0.2, 0.25) is 0 Å². The van der Waals surface area contributed by atoms with E-state index < -0.39 is 0 Å². The number of para-hydroxylation sites is 1. The third kappa shape index (κ3) is 6.02. The van der Waals surface area contributed by atoms with Crippen LogP contribution < -0.4 is 10.6 Å². The summed E-state index contributed by atoms with van der Waals surface area (Å²) in [7, 11) is 0. The van der Waals surface area contributed by atoms with Crippen molar-refractivity contribution in [3.05, 3.63) is 29.8 Å². The lowest BCUT2D eigenvalue weighted by Gasteiger charge is -2.18. The normalized spacial score (nSPS) is 15.7. The summed E-state index contributed by atoms with van der Waals surface area (Å²) in [5.74, 6) is -0.263. The van der Waals surface area contributed by atoms with E-state index in [1.165, 1.54) is 12.8 Å². The predicted octanol–water partition coefficient (Wildman–Crippen LogP) is 2.18. The van der Waals surface area contributed by atoms with Gasteiger partial charge in [0.05, 0.1) is 13.1 Å². The van der Waals surface area contributed by atoms with E-state index in [4.69, 9.17) is 0 Å². The van der Waals surface area contributed by atoms with E-state index in [0.717, 1.165) is 43.6 Å². The van der Waals surface area contributed by atoms with Gasteiger partial charge in [-0.15, -0.1) is 0 Å². The molecule has 1 heterocycles. The number of nitrogens with zero attached hydrogens (tertiary/aromatic N) is 1. The molecule has 1 aromatic rings. The van der Waals surface area contributed by atoms with Crippen molar-refractivity contribution in [2.75, 3.05) is 31.5 Å². The zero-order chi connectivity index (χ0) is 16.5. The second-order valence-electron chi connectivity index (χ2n) is 6.03. The summed E-state index contributed by atoms with van der Waals surface area (Å²) in [5, 5.41) is 5.58. The Balaban J connectivity index is 1.74. The summed E-state index contributed by atoms with van der Waals surface area (Å²) in [6, 6.07) is 7.73. The Labute approximate surface area is 138 Å². The number of hydrogen-bond donors (Lipinski definition) is 2. The molecule has 0 aromatic heterocycles. The summed E-state index contributed by atoms with van der Waals surface area (Å²) in [4.78, 5) is 26.1. The molecule has 0 radical (unpaired) electrons. The highest BCUT2D eigenvalue weighted by molar-refractivity contribution is 5.95. The van der Waals surface area contributed by atoms with Crippen LogP contribution in [-0.4, -0.2) is 42.9 Å². The topological polar surface area (TPSA) is 61.4 Å². The van der Waals surface area contributed by atoms with E-state index in [1.807, 2.05) is 31.2 Å². The van der Waals surface area contributed by atoms with Crippen molar-refractivity contribution in [1.29, 1.82) is 0 Å². The molecule has 5 heteroatoms. The average Bonchev–Trinajstić information content (AvgIpc) is 2.82. The minimum atomic E-state index is -0.185. The third-order valence-corrected chi connectivity index (χ3v) is 4.18. The number of likely N-dealkylation sites (tertiary alicyclic amines) is 1. The first-order valence-electron chi connectivity index (χ1n) is 8.56. The molecule has 1 aromatic carbocycles. The molecule has 1 saturated heterocycles. The number of rotatable bonds is 6. The largest absolute Gasteiger partial charge is 0.346 e. The summed E-state index contributed by atoms with van der Waals surface area (Å²) < 4.78 is 0. The Kier molecular flexibility index (Phi) is 7.07. The van der Waals surface area contributed by atoms with Gasteiger partial charge in [-0.2, -0.15) is 0 Å². The Morgan fingerprint density at radius 2 is 1.74 bits per heavy atom. The maximum absolute atomic E-state index is 12.0. The molecule has 0 saturated carbocycles. The van der Waals surface area contributed by atoms with Crippen LogP contribution in [0.25, 0.3) is 0 Å².